The average molecular weight is 348 g/mol. The van der Waals surface area contributed by atoms with Gasteiger partial charge in [-0.05, 0) is 22.0 Å². The van der Waals surface area contributed by atoms with Gasteiger partial charge in [-0.3, -0.25) is 4.79 Å². The van der Waals surface area contributed by atoms with Crippen molar-refractivity contribution in [3.63, 3.8) is 0 Å². The van der Waals surface area contributed by atoms with Crippen molar-refractivity contribution in [2.75, 3.05) is 6.54 Å². The Labute approximate surface area is 127 Å². The predicted octanol–water partition coefficient (Wildman–Crippen LogP) is 0.739. The van der Waals surface area contributed by atoms with E-state index in [1.165, 1.54) is 12.7 Å². The lowest BCUT2D eigenvalue weighted by atomic mass is 10.2. The van der Waals surface area contributed by atoms with E-state index in [1.54, 1.807) is 21.7 Å². The van der Waals surface area contributed by atoms with Gasteiger partial charge in [-0.15, -0.1) is 0 Å². The summed E-state index contributed by atoms with van der Waals surface area (Å²) in [6, 6.07) is 1.77. The quantitative estimate of drug-likeness (QED) is 0.648. The van der Waals surface area contributed by atoms with Gasteiger partial charge < -0.3 is 4.90 Å². The number of fused-ring (bicyclic) bond motifs is 2. The third-order valence-electron chi connectivity index (χ3n) is 3.47. The molecule has 8 nitrogen and oxygen atoms in total. The van der Waals surface area contributed by atoms with E-state index in [2.05, 4.69) is 36.1 Å². The normalized spacial score (nSPS) is 14.4. The third kappa shape index (κ3) is 2.00. The fourth-order valence-electron chi connectivity index (χ4n) is 2.46. The molecular formula is C12H10BrN7O. The maximum absolute atomic E-state index is 12.8. The molecule has 4 heterocycles. The molecule has 4 rings (SSSR count). The third-order valence-corrected chi connectivity index (χ3v) is 3.90. The highest BCUT2D eigenvalue weighted by molar-refractivity contribution is 9.10. The van der Waals surface area contributed by atoms with E-state index in [0.29, 0.717) is 30.8 Å². The van der Waals surface area contributed by atoms with Gasteiger partial charge >= 0.3 is 0 Å². The summed E-state index contributed by atoms with van der Waals surface area (Å²) in [6.45, 7) is 1.70. The number of rotatable bonds is 1. The van der Waals surface area contributed by atoms with Gasteiger partial charge in [0.25, 0.3) is 5.91 Å². The highest BCUT2D eigenvalue weighted by atomic mass is 79.9. The Kier molecular flexibility index (Phi) is 2.74. The molecule has 0 atom stereocenters. The van der Waals surface area contributed by atoms with Crippen molar-refractivity contribution in [1.29, 1.82) is 0 Å². The zero-order valence-electron chi connectivity index (χ0n) is 10.8. The molecule has 0 aliphatic carbocycles. The number of carbonyl (C=O) groups excluding carboxylic acids is 1. The first-order valence-corrected chi connectivity index (χ1v) is 7.16. The van der Waals surface area contributed by atoms with Crippen LogP contribution in [0.5, 0.6) is 0 Å². The number of amides is 1. The van der Waals surface area contributed by atoms with Crippen LogP contribution in [0.4, 0.5) is 0 Å². The van der Waals surface area contributed by atoms with Crippen LogP contribution >= 0.6 is 15.9 Å². The number of aromatic nitrogens is 6. The number of nitrogens with zero attached hydrogens (tertiary/aromatic N) is 7. The van der Waals surface area contributed by atoms with Gasteiger partial charge in [-0.25, -0.2) is 19.2 Å². The molecule has 0 spiro atoms. The van der Waals surface area contributed by atoms with E-state index in [-0.39, 0.29) is 5.91 Å². The van der Waals surface area contributed by atoms with E-state index < -0.39 is 0 Å². The number of hydrogen-bond acceptors (Lipinski definition) is 5. The zero-order valence-corrected chi connectivity index (χ0v) is 12.4. The second kappa shape index (κ2) is 4.62. The summed E-state index contributed by atoms with van der Waals surface area (Å²) < 4.78 is 4.19. The summed E-state index contributed by atoms with van der Waals surface area (Å²) in [5.74, 6) is 0.714. The lowest BCUT2D eigenvalue weighted by Gasteiger charge is -2.26. The monoisotopic (exact) mass is 347 g/mol. The van der Waals surface area contributed by atoms with Crippen molar-refractivity contribution < 1.29 is 4.79 Å². The lowest BCUT2D eigenvalue weighted by molar-refractivity contribution is 0.0704. The standard InChI is InChI=1S/C12H10BrN7O/c13-8-3-9(11-15-7-17-20(11)4-8)12(21)18-1-2-19-10(5-18)14-6-16-19/h3-4,6-7H,1-2,5H2. The molecular weight excluding hydrogens is 338 g/mol. The molecule has 0 N–H and O–H groups in total. The highest BCUT2D eigenvalue weighted by Gasteiger charge is 2.25. The lowest BCUT2D eigenvalue weighted by Crippen LogP contribution is -2.39. The molecule has 1 aliphatic heterocycles. The van der Waals surface area contributed by atoms with Crippen molar-refractivity contribution in [3.8, 4) is 0 Å². The Bertz CT molecular complexity index is 839. The van der Waals surface area contributed by atoms with E-state index >= 15 is 0 Å². The first-order chi connectivity index (χ1) is 10.2. The minimum atomic E-state index is -0.0800. The van der Waals surface area contributed by atoms with Crippen molar-refractivity contribution in [2.45, 2.75) is 13.1 Å². The molecule has 1 amide bonds. The Balaban J connectivity index is 1.72. The molecule has 106 valence electrons. The van der Waals surface area contributed by atoms with Crippen LogP contribution < -0.4 is 0 Å². The number of halogens is 1. The summed E-state index contributed by atoms with van der Waals surface area (Å²) in [6.07, 6.45) is 4.72. The maximum Gasteiger partial charge on any atom is 0.258 e. The molecule has 0 radical (unpaired) electrons. The molecule has 0 saturated carbocycles. The van der Waals surface area contributed by atoms with Gasteiger partial charge in [0, 0.05) is 17.2 Å². The smallest absolute Gasteiger partial charge is 0.258 e. The minimum Gasteiger partial charge on any atom is -0.329 e. The minimum absolute atomic E-state index is 0.0800. The van der Waals surface area contributed by atoms with Crippen LogP contribution in [-0.4, -0.2) is 46.7 Å². The Morgan fingerprint density at radius 1 is 1.19 bits per heavy atom. The van der Waals surface area contributed by atoms with E-state index in [9.17, 15) is 4.79 Å². The summed E-state index contributed by atoms with van der Waals surface area (Å²) in [7, 11) is 0. The topological polar surface area (TPSA) is 81.2 Å². The molecule has 0 aromatic carbocycles. The molecule has 3 aromatic rings. The molecule has 0 fully saturated rings. The van der Waals surface area contributed by atoms with E-state index in [1.807, 2.05) is 4.68 Å². The molecule has 21 heavy (non-hydrogen) atoms. The average Bonchev–Trinajstić information content (AvgIpc) is 3.12. The summed E-state index contributed by atoms with van der Waals surface area (Å²) in [5, 5.41) is 8.19. The van der Waals surface area contributed by atoms with Crippen LogP contribution in [0.3, 0.4) is 0 Å². The van der Waals surface area contributed by atoms with Gasteiger partial charge in [-0.2, -0.15) is 10.2 Å². The van der Waals surface area contributed by atoms with E-state index in [0.717, 1.165) is 10.3 Å². The fraction of sp³-hybridized carbons (Fsp3) is 0.250. The molecule has 0 unspecified atom stereocenters. The Hall–Kier alpha value is -2.29. The molecule has 1 aliphatic rings. The largest absolute Gasteiger partial charge is 0.329 e. The summed E-state index contributed by atoms with van der Waals surface area (Å²) >= 11 is 3.39. The summed E-state index contributed by atoms with van der Waals surface area (Å²) in [4.78, 5) is 22.8. The molecule has 9 heteroatoms. The van der Waals surface area contributed by atoms with Crippen molar-refractivity contribution in [3.05, 3.63) is 40.8 Å². The number of pyridine rings is 1. The Morgan fingerprint density at radius 2 is 2.05 bits per heavy atom. The fourth-order valence-corrected chi connectivity index (χ4v) is 2.88. The van der Waals surface area contributed by atoms with Crippen LogP contribution in [-0.2, 0) is 13.1 Å². The van der Waals surface area contributed by atoms with Crippen LogP contribution in [0.1, 0.15) is 16.2 Å². The van der Waals surface area contributed by atoms with Crippen molar-refractivity contribution >= 4 is 27.5 Å². The summed E-state index contributed by atoms with van der Waals surface area (Å²) in [5.41, 5.74) is 1.07. The van der Waals surface area contributed by atoms with Gasteiger partial charge in [-0.1, -0.05) is 0 Å². The van der Waals surface area contributed by atoms with E-state index in [4.69, 9.17) is 0 Å². The second-order valence-corrected chi connectivity index (χ2v) is 5.64. The van der Waals surface area contributed by atoms with Crippen molar-refractivity contribution in [1.82, 2.24) is 34.3 Å². The first kappa shape index (κ1) is 12.5. The van der Waals surface area contributed by atoms with Crippen molar-refractivity contribution in [2.24, 2.45) is 0 Å². The first-order valence-electron chi connectivity index (χ1n) is 6.37. The molecule has 0 bridgehead atoms. The van der Waals surface area contributed by atoms with Gasteiger partial charge in [0.2, 0.25) is 0 Å². The van der Waals surface area contributed by atoms with Crippen LogP contribution in [0.25, 0.3) is 5.65 Å². The maximum atomic E-state index is 12.8. The van der Waals surface area contributed by atoms with Gasteiger partial charge in [0.05, 0.1) is 18.7 Å². The van der Waals surface area contributed by atoms with Crippen LogP contribution in [0, 0.1) is 0 Å². The predicted molar refractivity (Wildman–Crippen MR) is 75.4 cm³/mol. The van der Waals surface area contributed by atoms with Crippen LogP contribution in [0.15, 0.2) is 29.4 Å². The van der Waals surface area contributed by atoms with Gasteiger partial charge in [0.1, 0.15) is 18.5 Å². The zero-order chi connectivity index (χ0) is 14.4. The SMILES string of the molecule is O=C(c1cc(Br)cn2ncnc12)N1CCn2ncnc2C1. The second-order valence-electron chi connectivity index (χ2n) is 4.73. The van der Waals surface area contributed by atoms with Gasteiger partial charge in [0.15, 0.2) is 5.65 Å². The van der Waals surface area contributed by atoms with Crippen LogP contribution in [0.2, 0.25) is 0 Å². The molecule has 3 aromatic heterocycles. The highest BCUT2D eigenvalue weighted by Crippen LogP contribution is 2.19. The Morgan fingerprint density at radius 3 is 2.95 bits per heavy atom. The number of hydrogen-bond donors (Lipinski definition) is 0. The number of carbonyl (C=O) groups is 1. The molecule has 0 saturated heterocycles.